The van der Waals surface area contributed by atoms with Gasteiger partial charge in [0.05, 0.1) is 5.92 Å². The summed E-state index contributed by atoms with van der Waals surface area (Å²) in [5.41, 5.74) is 3.30. The molecule has 1 aliphatic rings. The van der Waals surface area contributed by atoms with Gasteiger partial charge in [0.1, 0.15) is 5.75 Å². The first-order chi connectivity index (χ1) is 17.3. The smallest absolute Gasteiger partial charge is 0.262 e. The summed E-state index contributed by atoms with van der Waals surface area (Å²) in [7, 11) is 0. The molecular formula is C27H25Cl2N3O4. The minimum absolute atomic E-state index is 0.112. The van der Waals surface area contributed by atoms with E-state index in [0.29, 0.717) is 40.3 Å². The van der Waals surface area contributed by atoms with E-state index < -0.39 is 5.92 Å². The molecule has 3 aromatic carbocycles. The summed E-state index contributed by atoms with van der Waals surface area (Å²) in [5.74, 6) is -0.564. The minimum atomic E-state index is -0.416. The second-order valence-corrected chi connectivity index (χ2v) is 9.41. The van der Waals surface area contributed by atoms with Gasteiger partial charge in [-0.2, -0.15) is 0 Å². The van der Waals surface area contributed by atoms with Crippen LogP contribution in [0.15, 0.2) is 66.7 Å². The van der Waals surface area contributed by atoms with E-state index in [0.717, 1.165) is 11.1 Å². The molecule has 0 aromatic heterocycles. The fraction of sp³-hybridized carbons (Fsp3) is 0.222. The molecule has 7 nitrogen and oxygen atoms in total. The zero-order chi connectivity index (χ0) is 25.7. The highest BCUT2D eigenvalue weighted by atomic mass is 35.5. The van der Waals surface area contributed by atoms with Crippen LogP contribution in [-0.4, -0.2) is 30.9 Å². The van der Waals surface area contributed by atoms with Gasteiger partial charge in [-0.3, -0.25) is 14.4 Å². The molecule has 0 spiro atoms. The number of amides is 3. The van der Waals surface area contributed by atoms with E-state index in [9.17, 15) is 14.4 Å². The molecule has 2 N–H and O–H groups in total. The SMILES string of the molecule is Cc1ccccc1CNC(=O)[C@H]1CC(=O)N(c2ccc(OCC(=O)Nc3cc(Cl)cc(Cl)c3)cc2)C1. The maximum Gasteiger partial charge on any atom is 0.262 e. The molecule has 0 bridgehead atoms. The largest absolute Gasteiger partial charge is 0.484 e. The van der Waals surface area contributed by atoms with Crippen LogP contribution in [0.25, 0.3) is 0 Å². The third-order valence-corrected chi connectivity index (χ3v) is 6.31. The number of hydrogen-bond donors (Lipinski definition) is 2. The summed E-state index contributed by atoms with van der Waals surface area (Å²) in [4.78, 5) is 39.0. The standard InChI is InChI=1S/C27H25Cl2N3O4/c1-17-4-2-3-5-18(17)14-30-27(35)19-10-26(34)32(15-19)23-6-8-24(9-7-23)36-16-25(33)31-22-12-20(28)11-21(29)13-22/h2-9,11-13,19H,10,14-16H2,1H3,(H,30,35)(H,31,33)/t19-/m0/s1. The van der Waals surface area contributed by atoms with Crippen LogP contribution >= 0.6 is 23.2 Å². The second kappa shape index (κ2) is 11.5. The van der Waals surface area contributed by atoms with Crippen LogP contribution < -0.4 is 20.3 Å². The third kappa shape index (κ3) is 6.56. The number of nitrogens with zero attached hydrogens (tertiary/aromatic N) is 1. The Labute approximate surface area is 219 Å². The molecule has 0 saturated carbocycles. The van der Waals surface area contributed by atoms with Gasteiger partial charge >= 0.3 is 0 Å². The highest BCUT2D eigenvalue weighted by Gasteiger charge is 2.35. The van der Waals surface area contributed by atoms with Crippen molar-refractivity contribution in [3.8, 4) is 5.75 Å². The number of rotatable bonds is 8. The molecule has 36 heavy (non-hydrogen) atoms. The first-order valence-electron chi connectivity index (χ1n) is 11.4. The van der Waals surface area contributed by atoms with Gasteiger partial charge < -0.3 is 20.3 Å². The van der Waals surface area contributed by atoms with E-state index in [4.69, 9.17) is 27.9 Å². The topological polar surface area (TPSA) is 87.7 Å². The van der Waals surface area contributed by atoms with E-state index in [2.05, 4.69) is 10.6 Å². The van der Waals surface area contributed by atoms with Crippen molar-refractivity contribution < 1.29 is 19.1 Å². The lowest BCUT2D eigenvalue weighted by Crippen LogP contribution is -2.32. The maximum atomic E-state index is 12.7. The Bertz CT molecular complexity index is 1260. The van der Waals surface area contributed by atoms with Gasteiger partial charge in [-0.25, -0.2) is 0 Å². The summed E-state index contributed by atoms with van der Waals surface area (Å²) < 4.78 is 5.54. The molecule has 1 fully saturated rings. The van der Waals surface area contributed by atoms with Crippen molar-refractivity contribution in [3.05, 3.63) is 87.9 Å². The number of carbonyl (C=O) groups is 3. The monoisotopic (exact) mass is 525 g/mol. The Morgan fingerprint density at radius 2 is 1.72 bits per heavy atom. The molecule has 186 valence electrons. The number of ether oxygens (including phenoxy) is 1. The van der Waals surface area contributed by atoms with Gasteiger partial charge in [0, 0.05) is 40.9 Å². The molecule has 1 heterocycles. The van der Waals surface area contributed by atoms with Gasteiger partial charge in [-0.05, 0) is 60.5 Å². The summed E-state index contributed by atoms with van der Waals surface area (Å²) in [5, 5.41) is 6.44. The Kier molecular flexibility index (Phi) is 8.13. The van der Waals surface area contributed by atoms with Crippen molar-refractivity contribution in [1.82, 2.24) is 5.32 Å². The highest BCUT2D eigenvalue weighted by Crippen LogP contribution is 2.27. The number of aryl methyl sites for hydroxylation is 1. The van der Waals surface area contributed by atoms with Gasteiger partial charge in [0.15, 0.2) is 6.61 Å². The van der Waals surface area contributed by atoms with E-state index >= 15 is 0 Å². The predicted molar refractivity (Wildman–Crippen MR) is 141 cm³/mol. The van der Waals surface area contributed by atoms with Crippen LogP contribution in [-0.2, 0) is 20.9 Å². The zero-order valence-corrected chi connectivity index (χ0v) is 21.1. The van der Waals surface area contributed by atoms with Gasteiger partial charge in [-0.15, -0.1) is 0 Å². The van der Waals surface area contributed by atoms with E-state index in [1.807, 2.05) is 31.2 Å². The Hall–Kier alpha value is -3.55. The van der Waals surface area contributed by atoms with Crippen molar-refractivity contribution in [2.75, 3.05) is 23.4 Å². The lowest BCUT2D eigenvalue weighted by atomic mass is 10.1. The van der Waals surface area contributed by atoms with Gasteiger partial charge in [0.25, 0.3) is 5.91 Å². The van der Waals surface area contributed by atoms with Crippen molar-refractivity contribution >= 4 is 52.3 Å². The number of anilines is 2. The maximum absolute atomic E-state index is 12.7. The summed E-state index contributed by atoms with van der Waals surface area (Å²) in [6.07, 6.45) is 0.158. The fourth-order valence-electron chi connectivity index (χ4n) is 3.96. The highest BCUT2D eigenvalue weighted by molar-refractivity contribution is 6.35. The average molecular weight is 526 g/mol. The van der Waals surface area contributed by atoms with Crippen molar-refractivity contribution in [1.29, 1.82) is 0 Å². The molecule has 0 unspecified atom stereocenters. The number of carbonyl (C=O) groups excluding carboxylic acids is 3. The van der Waals surface area contributed by atoms with Crippen LogP contribution in [0.1, 0.15) is 17.5 Å². The average Bonchev–Trinajstić information content (AvgIpc) is 3.23. The Morgan fingerprint density at radius 3 is 2.42 bits per heavy atom. The normalized spacial score (nSPS) is 15.0. The van der Waals surface area contributed by atoms with Gasteiger partial charge in [-0.1, -0.05) is 47.5 Å². The number of halogens is 2. The van der Waals surface area contributed by atoms with E-state index in [1.165, 1.54) is 0 Å². The molecule has 0 radical (unpaired) electrons. The lowest BCUT2D eigenvalue weighted by Gasteiger charge is -2.17. The van der Waals surface area contributed by atoms with Crippen LogP contribution in [0.5, 0.6) is 5.75 Å². The number of hydrogen-bond acceptors (Lipinski definition) is 4. The lowest BCUT2D eigenvalue weighted by molar-refractivity contribution is -0.126. The Balaban J connectivity index is 1.28. The molecule has 3 aromatic rings. The second-order valence-electron chi connectivity index (χ2n) is 8.54. The van der Waals surface area contributed by atoms with Crippen molar-refractivity contribution in [2.45, 2.75) is 19.9 Å². The summed E-state index contributed by atoms with van der Waals surface area (Å²) in [6, 6.07) is 19.4. The molecule has 0 aliphatic carbocycles. The molecule has 1 saturated heterocycles. The third-order valence-electron chi connectivity index (χ3n) is 5.87. The van der Waals surface area contributed by atoms with E-state index in [-0.39, 0.29) is 30.7 Å². The molecule has 9 heteroatoms. The molecule has 1 atom stereocenters. The molecule has 4 rings (SSSR count). The molecule has 3 amide bonds. The number of benzene rings is 3. The van der Waals surface area contributed by atoms with Crippen molar-refractivity contribution in [2.24, 2.45) is 5.92 Å². The van der Waals surface area contributed by atoms with Crippen LogP contribution in [0.4, 0.5) is 11.4 Å². The first kappa shape index (κ1) is 25.5. The predicted octanol–water partition coefficient (Wildman–Crippen LogP) is 4.99. The minimum Gasteiger partial charge on any atom is -0.484 e. The van der Waals surface area contributed by atoms with E-state index in [1.54, 1.807) is 47.4 Å². The first-order valence-corrected chi connectivity index (χ1v) is 12.2. The van der Waals surface area contributed by atoms with Crippen molar-refractivity contribution in [3.63, 3.8) is 0 Å². The number of nitrogens with one attached hydrogen (secondary N) is 2. The van der Waals surface area contributed by atoms with Crippen LogP contribution in [0, 0.1) is 12.8 Å². The summed E-state index contributed by atoms with van der Waals surface area (Å²) in [6.45, 7) is 2.52. The fourth-order valence-corrected chi connectivity index (χ4v) is 4.49. The van der Waals surface area contributed by atoms with Crippen LogP contribution in [0.2, 0.25) is 10.0 Å². The summed E-state index contributed by atoms with van der Waals surface area (Å²) >= 11 is 11.9. The molecular weight excluding hydrogens is 501 g/mol. The van der Waals surface area contributed by atoms with Gasteiger partial charge in [0.2, 0.25) is 11.8 Å². The zero-order valence-electron chi connectivity index (χ0n) is 19.6. The van der Waals surface area contributed by atoms with Crippen LogP contribution in [0.3, 0.4) is 0 Å². The quantitative estimate of drug-likeness (QED) is 0.433. The Morgan fingerprint density at radius 1 is 1.03 bits per heavy atom. The molecule has 1 aliphatic heterocycles.